The van der Waals surface area contributed by atoms with Crippen LogP contribution in [0.1, 0.15) is 29.7 Å². The number of halogens is 2. The van der Waals surface area contributed by atoms with Gasteiger partial charge in [0.15, 0.2) is 0 Å². The smallest absolute Gasteiger partial charge is 0.128 e. The molecule has 0 aromatic heterocycles. The Labute approximate surface area is 112 Å². The third-order valence-electron chi connectivity index (χ3n) is 3.14. The van der Waals surface area contributed by atoms with Gasteiger partial charge in [0, 0.05) is 17.8 Å². The first-order valence-electron chi connectivity index (χ1n) is 6.25. The van der Waals surface area contributed by atoms with Gasteiger partial charge in [-0.15, -0.1) is 0 Å². The largest absolute Gasteiger partial charge is 0.378 e. The van der Waals surface area contributed by atoms with Gasteiger partial charge in [-0.25, -0.2) is 8.78 Å². The van der Waals surface area contributed by atoms with Crippen molar-refractivity contribution < 1.29 is 8.78 Å². The van der Waals surface area contributed by atoms with Gasteiger partial charge >= 0.3 is 0 Å². The molecule has 2 rings (SSSR count). The van der Waals surface area contributed by atoms with Crippen LogP contribution in [0, 0.1) is 25.5 Å². The number of benzene rings is 2. The van der Waals surface area contributed by atoms with E-state index in [0.717, 1.165) is 17.2 Å². The molecule has 2 aromatic rings. The summed E-state index contributed by atoms with van der Waals surface area (Å²) in [6, 6.07) is 9.62. The van der Waals surface area contributed by atoms with E-state index in [1.165, 1.54) is 17.7 Å². The van der Waals surface area contributed by atoms with Gasteiger partial charge in [0.2, 0.25) is 0 Å². The molecule has 0 saturated carbocycles. The van der Waals surface area contributed by atoms with Crippen LogP contribution in [-0.4, -0.2) is 0 Å². The molecule has 1 atom stereocenters. The molecule has 0 saturated heterocycles. The van der Waals surface area contributed by atoms with Crippen molar-refractivity contribution >= 4 is 5.69 Å². The Morgan fingerprint density at radius 1 is 0.947 bits per heavy atom. The second-order valence-electron chi connectivity index (χ2n) is 4.88. The van der Waals surface area contributed by atoms with Crippen LogP contribution >= 0.6 is 0 Å². The number of hydrogen-bond donors (Lipinski definition) is 1. The van der Waals surface area contributed by atoms with Crippen LogP contribution < -0.4 is 5.32 Å². The lowest BCUT2D eigenvalue weighted by atomic mass is 10.00. The molecule has 0 bridgehead atoms. The van der Waals surface area contributed by atoms with Crippen LogP contribution in [0.3, 0.4) is 0 Å². The van der Waals surface area contributed by atoms with Gasteiger partial charge in [0.1, 0.15) is 11.6 Å². The van der Waals surface area contributed by atoms with E-state index in [0.29, 0.717) is 5.69 Å². The fraction of sp³-hybridized carbons (Fsp3) is 0.250. The highest BCUT2D eigenvalue weighted by Crippen LogP contribution is 2.23. The van der Waals surface area contributed by atoms with E-state index in [1.807, 2.05) is 32.9 Å². The van der Waals surface area contributed by atoms with Gasteiger partial charge in [0.25, 0.3) is 0 Å². The summed E-state index contributed by atoms with van der Waals surface area (Å²) in [7, 11) is 0. The number of anilines is 1. The summed E-state index contributed by atoms with van der Waals surface area (Å²) in [4.78, 5) is 0. The average Bonchev–Trinajstić information content (AvgIpc) is 2.26. The monoisotopic (exact) mass is 261 g/mol. The molecule has 19 heavy (non-hydrogen) atoms. The first-order chi connectivity index (χ1) is 8.95. The molecule has 100 valence electrons. The van der Waals surface area contributed by atoms with Crippen molar-refractivity contribution in [2.45, 2.75) is 26.8 Å². The van der Waals surface area contributed by atoms with Gasteiger partial charge < -0.3 is 5.32 Å². The van der Waals surface area contributed by atoms with Crippen LogP contribution in [0.25, 0.3) is 0 Å². The third-order valence-corrected chi connectivity index (χ3v) is 3.14. The highest BCUT2D eigenvalue weighted by atomic mass is 19.1. The summed E-state index contributed by atoms with van der Waals surface area (Å²) in [5.74, 6) is -1.15. The molecule has 0 fully saturated rings. The van der Waals surface area contributed by atoms with Crippen molar-refractivity contribution in [3.63, 3.8) is 0 Å². The quantitative estimate of drug-likeness (QED) is 0.840. The lowest BCUT2D eigenvalue weighted by Gasteiger charge is -2.18. The number of rotatable bonds is 3. The zero-order valence-electron chi connectivity index (χ0n) is 11.3. The molecule has 1 N–H and O–H groups in total. The summed E-state index contributed by atoms with van der Waals surface area (Å²) in [5.41, 5.74) is 3.93. The Morgan fingerprint density at radius 2 is 1.58 bits per heavy atom. The minimum absolute atomic E-state index is 0.0122. The Balaban J connectivity index is 2.22. The van der Waals surface area contributed by atoms with Crippen molar-refractivity contribution in [3.05, 3.63) is 64.7 Å². The van der Waals surface area contributed by atoms with E-state index in [9.17, 15) is 8.78 Å². The topological polar surface area (TPSA) is 12.0 Å². The van der Waals surface area contributed by atoms with Crippen LogP contribution in [0.2, 0.25) is 0 Å². The molecule has 0 aliphatic carbocycles. The van der Waals surface area contributed by atoms with E-state index in [2.05, 4.69) is 11.4 Å². The van der Waals surface area contributed by atoms with Crippen LogP contribution in [0.15, 0.2) is 36.4 Å². The highest BCUT2D eigenvalue weighted by molar-refractivity contribution is 5.47. The maximum absolute atomic E-state index is 13.1. The molecule has 2 aromatic carbocycles. The molecule has 0 amide bonds. The Hall–Kier alpha value is -1.90. The average molecular weight is 261 g/mol. The normalized spacial score (nSPS) is 12.3. The number of hydrogen-bond acceptors (Lipinski definition) is 1. The molecule has 0 radical (unpaired) electrons. The van der Waals surface area contributed by atoms with Gasteiger partial charge in [0.05, 0.1) is 0 Å². The van der Waals surface area contributed by atoms with Crippen LogP contribution in [-0.2, 0) is 0 Å². The fourth-order valence-electron chi connectivity index (χ4n) is 2.28. The van der Waals surface area contributed by atoms with E-state index >= 15 is 0 Å². The maximum atomic E-state index is 13.1. The predicted molar refractivity (Wildman–Crippen MR) is 74.3 cm³/mol. The molecule has 0 heterocycles. The Bertz CT molecular complexity index is 573. The van der Waals surface area contributed by atoms with Crippen molar-refractivity contribution in [2.24, 2.45) is 0 Å². The van der Waals surface area contributed by atoms with Crippen molar-refractivity contribution in [1.82, 2.24) is 0 Å². The van der Waals surface area contributed by atoms with E-state index in [1.54, 1.807) is 0 Å². The lowest BCUT2D eigenvalue weighted by molar-refractivity contribution is 0.583. The van der Waals surface area contributed by atoms with Crippen LogP contribution in [0.5, 0.6) is 0 Å². The highest BCUT2D eigenvalue weighted by Gasteiger charge is 2.09. The zero-order chi connectivity index (χ0) is 14.0. The molecule has 0 aliphatic rings. The summed E-state index contributed by atoms with van der Waals surface area (Å²) in [6.45, 7) is 6.05. The standard InChI is InChI=1S/C16H17F2N/c1-10-4-5-16(11(2)6-10)12(3)19-15-8-13(17)7-14(18)9-15/h4-9,12,19H,1-3H3. The molecule has 3 heteroatoms. The molecule has 1 unspecified atom stereocenters. The summed E-state index contributed by atoms with van der Waals surface area (Å²) in [6.07, 6.45) is 0. The predicted octanol–water partition coefficient (Wildman–Crippen LogP) is 4.75. The van der Waals surface area contributed by atoms with E-state index in [-0.39, 0.29) is 6.04 Å². The summed E-state index contributed by atoms with van der Waals surface area (Å²) < 4.78 is 26.3. The molecule has 0 aliphatic heterocycles. The Kier molecular flexibility index (Phi) is 3.84. The number of aryl methyl sites for hydroxylation is 2. The van der Waals surface area contributed by atoms with Crippen molar-refractivity contribution in [2.75, 3.05) is 5.32 Å². The van der Waals surface area contributed by atoms with Crippen molar-refractivity contribution in [3.8, 4) is 0 Å². The molecule has 1 nitrogen and oxygen atoms in total. The second-order valence-corrected chi connectivity index (χ2v) is 4.88. The minimum atomic E-state index is -0.574. The minimum Gasteiger partial charge on any atom is -0.378 e. The first-order valence-corrected chi connectivity index (χ1v) is 6.25. The molecular formula is C16H17F2N. The van der Waals surface area contributed by atoms with Gasteiger partial charge in [-0.2, -0.15) is 0 Å². The summed E-state index contributed by atoms with van der Waals surface area (Å²) >= 11 is 0. The van der Waals surface area contributed by atoms with E-state index in [4.69, 9.17) is 0 Å². The molecule has 0 spiro atoms. The van der Waals surface area contributed by atoms with Crippen molar-refractivity contribution in [1.29, 1.82) is 0 Å². The van der Waals surface area contributed by atoms with Gasteiger partial charge in [-0.1, -0.05) is 23.8 Å². The zero-order valence-corrected chi connectivity index (χ0v) is 11.3. The van der Waals surface area contributed by atoms with Gasteiger partial charge in [-0.05, 0) is 44.0 Å². The maximum Gasteiger partial charge on any atom is 0.128 e. The molecular weight excluding hydrogens is 244 g/mol. The lowest BCUT2D eigenvalue weighted by Crippen LogP contribution is -2.08. The fourth-order valence-corrected chi connectivity index (χ4v) is 2.28. The summed E-state index contributed by atoms with van der Waals surface area (Å²) in [5, 5.41) is 3.12. The first kappa shape index (κ1) is 13.5. The van der Waals surface area contributed by atoms with Crippen LogP contribution in [0.4, 0.5) is 14.5 Å². The van der Waals surface area contributed by atoms with Gasteiger partial charge in [-0.3, -0.25) is 0 Å². The third kappa shape index (κ3) is 3.31. The van der Waals surface area contributed by atoms with E-state index < -0.39 is 11.6 Å². The second kappa shape index (κ2) is 5.39. The Morgan fingerprint density at radius 3 is 2.16 bits per heavy atom. The SMILES string of the molecule is Cc1ccc(C(C)Nc2cc(F)cc(F)c2)c(C)c1. The number of nitrogens with one attached hydrogen (secondary N) is 1.